The van der Waals surface area contributed by atoms with Crippen molar-refractivity contribution < 1.29 is 0 Å². The normalized spacial score (nSPS) is 15.5. The molecule has 0 aromatic carbocycles. The maximum atomic E-state index is 2.32. The molecule has 68 valence electrons. The van der Waals surface area contributed by atoms with Crippen LogP contribution in [0.2, 0.25) is 0 Å². The topological polar surface area (TPSA) is 3.24 Å². The number of rotatable bonds is 3. The van der Waals surface area contributed by atoms with Crippen LogP contribution < -0.4 is 0 Å². The van der Waals surface area contributed by atoms with E-state index in [-0.39, 0.29) is 0 Å². The Hall–Kier alpha value is -0.0400. The van der Waals surface area contributed by atoms with Crippen molar-refractivity contribution >= 4 is 0 Å². The van der Waals surface area contributed by atoms with Gasteiger partial charge in [0.15, 0.2) is 0 Å². The molecule has 0 N–H and O–H groups in total. The Labute approximate surface area is 71.8 Å². The van der Waals surface area contributed by atoms with Crippen LogP contribution in [0.1, 0.15) is 40.5 Å². The lowest BCUT2D eigenvalue weighted by Crippen LogP contribution is -2.31. The van der Waals surface area contributed by atoms with E-state index in [1.807, 2.05) is 0 Å². The molecule has 0 rings (SSSR count). The Morgan fingerprint density at radius 1 is 1.18 bits per heavy atom. The SMILES string of the molecule is CC[C@@H](CC(C)(C)C)N(C)C. The molecule has 0 aliphatic heterocycles. The minimum atomic E-state index is 0.463. The summed E-state index contributed by atoms with van der Waals surface area (Å²) in [6.07, 6.45) is 2.54. The molecule has 0 heterocycles. The first-order valence-electron chi connectivity index (χ1n) is 4.53. The summed E-state index contributed by atoms with van der Waals surface area (Å²) in [7, 11) is 4.33. The predicted molar refractivity (Wildman–Crippen MR) is 51.8 cm³/mol. The predicted octanol–water partition coefficient (Wildman–Crippen LogP) is 2.76. The van der Waals surface area contributed by atoms with Gasteiger partial charge in [-0.2, -0.15) is 0 Å². The molecule has 1 nitrogen and oxygen atoms in total. The van der Waals surface area contributed by atoms with Crippen molar-refractivity contribution in [3.8, 4) is 0 Å². The molecular formula is C10H23N. The van der Waals surface area contributed by atoms with E-state index in [0.29, 0.717) is 5.41 Å². The molecule has 1 heteroatoms. The van der Waals surface area contributed by atoms with Crippen molar-refractivity contribution in [1.82, 2.24) is 4.90 Å². The molecule has 0 fully saturated rings. The largest absolute Gasteiger partial charge is 0.306 e. The quantitative estimate of drug-likeness (QED) is 0.609. The van der Waals surface area contributed by atoms with E-state index in [1.54, 1.807) is 0 Å². The standard InChI is InChI=1S/C10H23N/c1-7-9(11(5)6)8-10(2,3)4/h9H,7-8H2,1-6H3/t9-/m0/s1. The summed E-state index contributed by atoms with van der Waals surface area (Å²) >= 11 is 0. The molecule has 0 bridgehead atoms. The second-order valence-corrected chi connectivity index (χ2v) is 4.79. The molecule has 0 aliphatic rings. The fourth-order valence-corrected chi connectivity index (χ4v) is 1.40. The summed E-state index contributed by atoms with van der Waals surface area (Å²) in [6.45, 7) is 9.17. The molecule has 1 atom stereocenters. The van der Waals surface area contributed by atoms with Crippen LogP contribution in [0.25, 0.3) is 0 Å². The van der Waals surface area contributed by atoms with Crippen LogP contribution in [0, 0.1) is 5.41 Å². The number of hydrogen-bond acceptors (Lipinski definition) is 1. The molecule has 0 spiro atoms. The zero-order chi connectivity index (χ0) is 9.07. The number of nitrogens with zero attached hydrogens (tertiary/aromatic N) is 1. The van der Waals surface area contributed by atoms with Crippen molar-refractivity contribution in [3.05, 3.63) is 0 Å². The van der Waals surface area contributed by atoms with Gasteiger partial charge in [-0.25, -0.2) is 0 Å². The molecule has 0 unspecified atom stereocenters. The third-order valence-electron chi connectivity index (χ3n) is 2.05. The fraction of sp³-hybridized carbons (Fsp3) is 1.00. The van der Waals surface area contributed by atoms with Gasteiger partial charge in [0, 0.05) is 6.04 Å². The second kappa shape index (κ2) is 4.10. The average molecular weight is 157 g/mol. The molecule has 0 aromatic rings. The van der Waals surface area contributed by atoms with E-state index in [9.17, 15) is 0 Å². The maximum Gasteiger partial charge on any atom is 0.00915 e. The molecule has 11 heavy (non-hydrogen) atoms. The molecule has 0 aliphatic carbocycles. The van der Waals surface area contributed by atoms with Gasteiger partial charge in [-0.3, -0.25) is 0 Å². The van der Waals surface area contributed by atoms with Gasteiger partial charge >= 0.3 is 0 Å². The summed E-state index contributed by atoms with van der Waals surface area (Å²) in [5, 5.41) is 0. The van der Waals surface area contributed by atoms with Crippen molar-refractivity contribution in [2.45, 2.75) is 46.6 Å². The molecule has 0 saturated carbocycles. The van der Waals surface area contributed by atoms with Crippen molar-refractivity contribution in [3.63, 3.8) is 0 Å². The minimum Gasteiger partial charge on any atom is -0.306 e. The highest BCUT2D eigenvalue weighted by molar-refractivity contribution is 4.72. The third-order valence-corrected chi connectivity index (χ3v) is 2.05. The Morgan fingerprint density at radius 2 is 1.64 bits per heavy atom. The highest BCUT2D eigenvalue weighted by atomic mass is 15.1. The summed E-state index contributed by atoms with van der Waals surface area (Å²) in [4.78, 5) is 2.32. The fourth-order valence-electron chi connectivity index (χ4n) is 1.40. The average Bonchev–Trinajstić information content (AvgIpc) is 1.80. The molecule has 0 aromatic heterocycles. The lowest BCUT2D eigenvalue weighted by Gasteiger charge is -2.29. The first-order valence-corrected chi connectivity index (χ1v) is 4.53. The van der Waals surface area contributed by atoms with Crippen molar-refractivity contribution in [1.29, 1.82) is 0 Å². The lowest BCUT2D eigenvalue weighted by molar-refractivity contribution is 0.204. The third kappa shape index (κ3) is 5.25. The second-order valence-electron chi connectivity index (χ2n) is 4.79. The van der Waals surface area contributed by atoms with Gasteiger partial charge in [0.2, 0.25) is 0 Å². The Bertz CT molecular complexity index is 99.9. The van der Waals surface area contributed by atoms with Gasteiger partial charge in [0.1, 0.15) is 0 Å². The summed E-state index contributed by atoms with van der Waals surface area (Å²) in [5.74, 6) is 0. The highest BCUT2D eigenvalue weighted by Gasteiger charge is 2.18. The van der Waals surface area contributed by atoms with E-state index in [1.165, 1.54) is 12.8 Å². The number of hydrogen-bond donors (Lipinski definition) is 0. The van der Waals surface area contributed by atoms with Gasteiger partial charge < -0.3 is 4.90 Å². The van der Waals surface area contributed by atoms with Crippen LogP contribution in [0.5, 0.6) is 0 Å². The van der Waals surface area contributed by atoms with Crippen LogP contribution in [-0.2, 0) is 0 Å². The van der Waals surface area contributed by atoms with E-state index < -0.39 is 0 Å². The van der Waals surface area contributed by atoms with Gasteiger partial charge in [-0.15, -0.1) is 0 Å². The Balaban J connectivity index is 3.88. The van der Waals surface area contributed by atoms with Crippen LogP contribution in [0.15, 0.2) is 0 Å². The zero-order valence-electron chi connectivity index (χ0n) is 8.94. The summed E-state index contributed by atoms with van der Waals surface area (Å²) in [5.41, 5.74) is 0.463. The Morgan fingerprint density at radius 3 is 1.73 bits per heavy atom. The molecular weight excluding hydrogens is 134 g/mol. The van der Waals surface area contributed by atoms with Gasteiger partial charge in [0.25, 0.3) is 0 Å². The first kappa shape index (κ1) is 11.0. The van der Waals surface area contributed by atoms with Crippen molar-refractivity contribution in [2.24, 2.45) is 5.41 Å². The van der Waals surface area contributed by atoms with Crippen LogP contribution in [0.4, 0.5) is 0 Å². The minimum absolute atomic E-state index is 0.463. The lowest BCUT2D eigenvalue weighted by atomic mass is 9.87. The maximum absolute atomic E-state index is 2.32. The molecule has 0 radical (unpaired) electrons. The van der Waals surface area contributed by atoms with Crippen LogP contribution in [0.3, 0.4) is 0 Å². The first-order chi connectivity index (χ1) is 4.87. The highest BCUT2D eigenvalue weighted by Crippen LogP contribution is 2.23. The zero-order valence-corrected chi connectivity index (χ0v) is 8.94. The van der Waals surface area contributed by atoms with Gasteiger partial charge in [0.05, 0.1) is 0 Å². The van der Waals surface area contributed by atoms with E-state index in [2.05, 4.69) is 46.7 Å². The van der Waals surface area contributed by atoms with Gasteiger partial charge in [-0.05, 0) is 32.4 Å². The molecule has 0 amide bonds. The van der Waals surface area contributed by atoms with E-state index >= 15 is 0 Å². The van der Waals surface area contributed by atoms with Crippen molar-refractivity contribution in [2.75, 3.05) is 14.1 Å². The van der Waals surface area contributed by atoms with Gasteiger partial charge in [-0.1, -0.05) is 27.7 Å². The van der Waals surface area contributed by atoms with E-state index in [4.69, 9.17) is 0 Å². The monoisotopic (exact) mass is 157 g/mol. The molecule has 0 saturated heterocycles. The Kier molecular flexibility index (Phi) is 4.09. The van der Waals surface area contributed by atoms with Crippen LogP contribution >= 0.6 is 0 Å². The van der Waals surface area contributed by atoms with Crippen LogP contribution in [-0.4, -0.2) is 25.0 Å². The summed E-state index contributed by atoms with van der Waals surface area (Å²) in [6, 6.07) is 0.745. The smallest absolute Gasteiger partial charge is 0.00915 e. The summed E-state index contributed by atoms with van der Waals surface area (Å²) < 4.78 is 0. The van der Waals surface area contributed by atoms with E-state index in [0.717, 1.165) is 6.04 Å².